The van der Waals surface area contributed by atoms with Crippen LogP contribution in [0.3, 0.4) is 0 Å². The van der Waals surface area contributed by atoms with E-state index in [-0.39, 0.29) is 17.8 Å². The van der Waals surface area contributed by atoms with Gasteiger partial charge >= 0.3 is 0 Å². The summed E-state index contributed by atoms with van der Waals surface area (Å²) in [7, 11) is 1.61. The maximum absolute atomic E-state index is 14.3. The molecule has 1 atom stereocenters. The predicted octanol–water partition coefficient (Wildman–Crippen LogP) is 2.82. The first-order valence-electron chi connectivity index (χ1n) is 9.09. The Hall–Kier alpha value is -2.91. The van der Waals surface area contributed by atoms with Crippen LogP contribution < -0.4 is 15.5 Å². The summed E-state index contributed by atoms with van der Waals surface area (Å²) < 4.78 is 14.3. The van der Waals surface area contributed by atoms with Crippen molar-refractivity contribution in [1.29, 1.82) is 5.26 Å². The van der Waals surface area contributed by atoms with E-state index in [1.165, 1.54) is 6.07 Å². The molecular formula is C21H23FN4O. The lowest BCUT2D eigenvalue weighted by Crippen LogP contribution is -2.45. The third kappa shape index (κ3) is 4.63. The van der Waals surface area contributed by atoms with Crippen molar-refractivity contribution in [1.82, 2.24) is 10.6 Å². The summed E-state index contributed by atoms with van der Waals surface area (Å²) in [4.78, 5) is 13.6. The van der Waals surface area contributed by atoms with Gasteiger partial charge in [-0.25, -0.2) is 4.39 Å². The highest BCUT2D eigenvalue weighted by Gasteiger charge is 2.22. The fourth-order valence-corrected chi connectivity index (χ4v) is 3.38. The van der Waals surface area contributed by atoms with Crippen molar-refractivity contribution in [2.45, 2.75) is 25.4 Å². The minimum absolute atomic E-state index is 0.0955. The number of benzene rings is 2. The Kier molecular flexibility index (Phi) is 6.05. The molecule has 5 nitrogen and oxygen atoms in total. The van der Waals surface area contributed by atoms with Crippen LogP contribution in [-0.2, 0) is 6.54 Å². The lowest BCUT2D eigenvalue weighted by molar-refractivity contribution is 0.0963. The van der Waals surface area contributed by atoms with E-state index in [1.54, 1.807) is 19.2 Å². The van der Waals surface area contributed by atoms with E-state index < -0.39 is 0 Å². The van der Waals surface area contributed by atoms with Gasteiger partial charge in [-0.05, 0) is 48.7 Å². The standard InChI is InChI=1S/C21H23FN4O/c1-24-21(27)17-7-4-15(5-8-17)13-25-18-3-2-10-26(14-18)20-9-6-16(12-23)11-19(20)22/h4-9,11,18,25H,2-3,10,13-14H2,1H3,(H,24,27)/t18-/m1/s1. The van der Waals surface area contributed by atoms with E-state index >= 15 is 0 Å². The molecule has 2 aromatic carbocycles. The Balaban J connectivity index is 1.59. The predicted molar refractivity (Wildman–Crippen MR) is 103 cm³/mol. The summed E-state index contributed by atoms with van der Waals surface area (Å²) >= 11 is 0. The van der Waals surface area contributed by atoms with Gasteiger partial charge in [-0.15, -0.1) is 0 Å². The second kappa shape index (κ2) is 8.65. The molecule has 0 bridgehead atoms. The molecule has 2 N–H and O–H groups in total. The van der Waals surface area contributed by atoms with Crippen LogP contribution in [0.25, 0.3) is 0 Å². The van der Waals surface area contributed by atoms with Gasteiger partial charge < -0.3 is 15.5 Å². The molecular weight excluding hydrogens is 343 g/mol. The van der Waals surface area contributed by atoms with E-state index in [2.05, 4.69) is 10.6 Å². The monoisotopic (exact) mass is 366 g/mol. The van der Waals surface area contributed by atoms with Crippen LogP contribution in [0, 0.1) is 17.1 Å². The number of carbonyl (C=O) groups excluding carboxylic acids is 1. The Morgan fingerprint density at radius 1 is 1.30 bits per heavy atom. The van der Waals surface area contributed by atoms with Gasteiger partial charge in [0.25, 0.3) is 5.91 Å². The summed E-state index contributed by atoms with van der Waals surface area (Å²) in [6.07, 6.45) is 2.01. The topological polar surface area (TPSA) is 68.2 Å². The molecule has 1 heterocycles. The van der Waals surface area contributed by atoms with Gasteiger partial charge in [-0.1, -0.05) is 12.1 Å². The average molecular weight is 366 g/mol. The maximum atomic E-state index is 14.3. The quantitative estimate of drug-likeness (QED) is 0.854. The van der Waals surface area contributed by atoms with Crippen molar-refractivity contribution in [3.8, 4) is 6.07 Å². The lowest BCUT2D eigenvalue weighted by atomic mass is 10.0. The van der Waals surface area contributed by atoms with Crippen LogP contribution in [0.5, 0.6) is 0 Å². The maximum Gasteiger partial charge on any atom is 0.251 e. The van der Waals surface area contributed by atoms with Crippen molar-refractivity contribution in [3.63, 3.8) is 0 Å². The van der Waals surface area contributed by atoms with Crippen molar-refractivity contribution in [2.24, 2.45) is 0 Å². The van der Waals surface area contributed by atoms with Crippen LogP contribution in [0.15, 0.2) is 42.5 Å². The molecule has 0 saturated carbocycles. The molecule has 1 amide bonds. The molecule has 27 heavy (non-hydrogen) atoms. The fraction of sp³-hybridized carbons (Fsp3) is 0.333. The van der Waals surface area contributed by atoms with E-state index in [0.29, 0.717) is 23.4 Å². The second-order valence-corrected chi connectivity index (χ2v) is 6.72. The normalized spacial score (nSPS) is 16.6. The smallest absolute Gasteiger partial charge is 0.251 e. The minimum Gasteiger partial charge on any atom is -0.368 e. The molecule has 6 heteroatoms. The van der Waals surface area contributed by atoms with E-state index in [0.717, 1.165) is 31.5 Å². The van der Waals surface area contributed by atoms with Gasteiger partial charge in [0.1, 0.15) is 5.82 Å². The molecule has 0 unspecified atom stereocenters. The number of rotatable bonds is 5. The summed E-state index contributed by atoms with van der Waals surface area (Å²) in [6, 6.07) is 14.4. The van der Waals surface area contributed by atoms with Gasteiger partial charge in [0.15, 0.2) is 0 Å². The van der Waals surface area contributed by atoms with E-state index in [1.807, 2.05) is 35.2 Å². The van der Waals surface area contributed by atoms with Crippen LogP contribution in [0.2, 0.25) is 0 Å². The Morgan fingerprint density at radius 3 is 2.74 bits per heavy atom. The second-order valence-electron chi connectivity index (χ2n) is 6.72. The summed E-state index contributed by atoms with van der Waals surface area (Å²) in [5.74, 6) is -0.443. The fourth-order valence-electron chi connectivity index (χ4n) is 3.38. The number of hydrogen-bond acceptors (Lipinski definition) is 4. The Morgan fingerprint density at radius 2 is 2.07 bits per heavy atom. The highest BCUT2D eigenvalue weighted by Crippen LogP contribution is 2.24. The van der Waals surface area contributed by atoms with Crippen molar-refractivity contribution < 1.29 is 9.18 Å². The number of nitrogens with zero attached hydrogens (tertiary/aromatic N) is 2. The number of amides is 1. The molecule has 0 radical (unpaired) electrons. The lowest BCUT2D eigenvalue weighted by Gasteiger charge is -2.35. The van der Waals surface area contributed by atoms with Crippen molar-refractivity contribution in [3.05, 3.63) is 65.0 Å². The molecule has 0 aliphatic carbocycles. The molecule has 2 aromatic rings. The highest BCUT2D eigenvalue weighted by atomic mass is 19.1. The molecule has 1 fully saturated rings. The van der Waals surface area contributed by atoms with Crippen LogP contribution in [0.4, 0.5) is 10.1 Å². The zero-order chi connectivity index (χ0) is 19.2. The number of nitriles is 1. The van der Waals surface area contributed by atoms with Gasteiger partial charge in [0.2, 0.25) is 0 Å². The third-order valence-corrected chi connectivity index (χ3v) is 4.88. The SMILES string of the molecule is CNC(=O)c1ccc(CN[C@@H]2CCCN(c3ccc(C#N)cc3F)C2)cc1. The number of piperidine rings is 1. The first kappa shape index (κ1) is 18.9. The molecule has 1 saturated heterocycles. The van der Waals surface area contributed by atoms with Crippen molar-refractivity contribution in [2.75, 3.05) is 25.0 Å². The van der Waals surface area contributed by atoms with Gasteiger partial charge in [0.05, 0.1) is 17.3 Å². The summed E-state index contributed by atoms with van der Waals surface area (Å²) in [6.45, 7) is 2.23. The highest BCUT2D eigenvalue weighted by molar-refractivity contribution is 5.93. The molecule has 1 aliphatic rings. The molecule has 3 rings (SSSR count). The van der Waals surface area contributed by atoms with Gasteiger partial charge in [0, 0.05) is 38.3 Å². The van der Waals surface area contributed by atoms with Crippen LogP contribution in [0.1, 0.15) is 34.3 Å². The van der Waals surface area contributed by atoms with E-state index in [4.69, 9.17) is 5.26 Å². The third-order valence-electron chi connectivity index (χ3n) is 4.88. The van der Waals surface area contributed by atoms with E-state index in [9.17, 15) is 9.18 Å². The molecule has 0 aromatic heterocycles. The molecule has 1 aliphatic heterocycles. The Labute approximate surface area is 158 Å². The number of halogens is 1. The molecule has 140 valence electrons. The van der Waals surface area contributed by atoms with Gasteiger partial charge in [-0.2, -0.15) is 5.26 Å². The molecule has 0 spiro atoms. The average Bonchev–Trinajstić information content (AvgIpc) is 2.72. The zero-order valence-corrected chi connectivity index (χ0v) is 15.3. The first-order valence-corrected chi connectivity index (χ1v) is 9.09. The summed E-state index contributed by atoms with van der Waals surface area (Å²) in [5, 5.41) is 15.0. The minimum atomic E-state index is -0.348. The number of anilines is 1. The largest absolute Gasteiger partial charge is 0.368 e. The van der Waals surface area contributed by atoms with Gasteiger partial charge in [-0.3, -0.25) is 4.79 Å². The number of nitrogens with one attached hydrogen (secondary N) is 2. The first-order chi connectivity index (χ1) is 13.1. The summed E-state index contributed by atoms with van der Waals surface area (Å²) in [5.41, 5.74) is 2.63. The number of carbonyl (C=O) groups is 1. The zero-order valence-electron chi connectivity index (χ0n) is 15.3. The van der Waals surface area contributed by atoms with Crippen molar-refractivity contribution >= 4 is 11.6 Å². The Bertz CT molecular complexity index is 844. The van der Waals surface area contributed by atoms with Crippen LogP contribution >= 0.6 is 0 Å². The number of hydrogen-bond donors (Lipinski definition) is 2. The van der Waals surface area contributed by atoms with Crippen LogP contribution in [-0.4, -0.2) is 32.1 Å².